The van der Waals surface area contributed by atoms with Crippen LogP contribution in [0.1, 0.15) is 10.6 Å². The molecular weight excluding hydrogens is 286 g/mol. The van der Waals surface area contributed by atoms with Crippen LogP contribution in [0.15, 0.2) is 40.3 Å². The highest BCUT2D eigenvalue weighted by Crippen LogP contribution is 2.13. The van der Waals surface area contributed by atoms with Gasteiger partial charge in [-0.05, 0) is 17.7 Å². The molecule has 16 heavy (non-hydrogen) atoms. The number of hydrogen-bond acceptors (Lipinski definition) is 3. The van der Waals surface area contributed by atoms with Crippen molar-refractivity contribution in [3.8, 4) is 0 Å². The molecule has 0 fully saturated rings. The van der Waals surface area contributed by atoms with E-state index in [1.54, 1.807) is 6.20 Å². The third kappa shape index (κ3) is 3.25. The van der Waals surface area contributed by atoms with Gasteiger partial charge in [-0.15, -0.1) is 11.3 Å². The first-order valence-electron chi connectivity index (χ1n) is 4.88. The second-order valence-electron chi connectivity index (χ2n) is 3.45. The molecule has 0 unspecified atom stereocenters. The average Bonchev–Trinajstić information content (AvgIpc) is 2.70. The molecule has 4 heteroatoms. The summed E-state index contributed by atoms with van der Waals surface area (Å²) in [4.78, 5) is 15.8. The third-order valence-corrected chi connectivity index (χ3v) is 3.40. The smallest absolute Gasteiger partial charge is 0.144 e. The minimum absolute atomic E-state index is 0.202. The summed E-state index contributed by atoms with van der Waals surface area (Å²) in [5.41, 5.74) is 1.04. The molecule has 1 aromatic heterocycles. The van der Waals surface area contributed by atoms with Gasteiger partial charge < -0.3 is 0 Å². The SMILES string of the molecule is O=C(Cc1cccc(Br)c1)Cc1nccs1. The molecule has 0 aliphatic heterocycles. The molecule has 0 aliphatic rings. The Balaban J connectivity index is 1.97. The molecule has 0 atom stereocenters. The van der Waals surface area contributed by atoms with Crippen LogP contribution in [-0.2, 0) is 17.6 Å². The molecule has 1 aromatic carbocycles. The molecule has 0 saturated heterocycles. The van der Waals surface area contributed by atoms with Crippen LogP contribution in [0.3, 0.4) is 0 Å². The Morgan fingerprint density at radius 2 is 2.25 bits per heavy atom. The standard InChI is InChI=1S/C12H10BrNOS/c13-10-3-1-2-9(6-10)7-11(15)8-12-14-4-5-16-12/h1-6H,7-8H2. The predicted molar refractivity (Wildman–Crippen MR) is 68.7 cm³/mol. The van der Waals surface area contributed by atoms with E-state index in [0.29, 0.717) is 12.8 Å². The monoisotopic (exact) mass is 295 g/mol. The van der Waals surface area contributed by atoms with Gasteiger partial charge in [0.05, 0.1) is 11.4 Å². The van der Waals surface area contributed by atoms with Crippen LogP contribution in [0.25, 0.3) is 0 Å². The number of nitrogens with zero attached hydrogens (tertiary/aromatic N) is 1. The van der Waals surface area contributed by atoms with Gasteiger partial charge in [0.2, 0.25) is 0 Å². The highest BCUT2D eigenvalue weighted by atomic mass is 79.9. The number of carbonyl (C=O) groups is 1. The maximum absolute atomic E-state index is 11.7. The summed E-state index contributed by atoms with van der Waals surface area (Å²) in [5.74, 6) is 0.202. The molecule has 0 radical (unpaired) electrons. The summed E-state index contributed by atoms with van der Waals surface area (Å²) in [6, 6.07) is 7.83. The van der Waals surface area contributed by atoms with E-state index in [0.717, 1.165) is 15.0 Å². The number of halogens is 1. The number of Topliss-reactive ketones (excluding diaryl/α,β-unsaturated/α-hetero) is 1. The van der Waals surface area contributed by atoms with Gasteiger partial charge in [-0.1, -0.05) is 28.1 Å². The minimum atomic E-state index is 0.202. The van der Waals surface area contributed by atoms with Gasteiger partial charge in [0.1, 0.15) is 5.78 Å². The summed E-state index contributed by atoms with van der Waals surface area (Å²) < 4.78 is 1.01. The summed E-state index contributed by atoms with van der Waals surface area (Å²) in [7, 11) is 0. The Kier molecular flexibility index (Phi) is 3.85. The zero-order valence-corrected chi connectivity index (χ0v) is 10.9. The summed E-state index contributed by atoms with van der Waals surface area (Å²) >= 11 is 4.91. The quantitative estimate of drug-likeness (QED) is 0.867. The number of thiazole rings is 1. The lowest BCUT2D eigenvalue weighted by molar-refractivity contribution is -0.117. The summed E-state index contributed by atoms with van der Waals surface area (Å²) in [6.45, 7) is 0. The van der Waals surface area contributed by atoms with Crippen LogP contribution < -0.4 is 0 Å². The number of rotatable bonds is 4. The molecule has 2 rings (SSSR count). The second-order valence-corrected chi connectivity index (χ2v) is 5.34. The molecular formula is C12H10BrNOS. The molecule has 0 N–H and O–H groups in total. The van der Waals surface area contributed by atoms with Crippen LogP contribution in [0, 0.1) is 0 Å². The summed E-state index contributed by atoms with van der Waals surface area (Å²) in [6.07, 6.45) is 2.63. The number of carbonyl (C=O) groups excluding carboxylic acids is 1. The van der Waals surface area contributed by atoms with Crippen molar-refractivity contribution in [3.63, 3.8) is 0 Å². The molecule has 2 aromatic rings. The number of benzene rings is 1. The maximum atomic E-state index is 11.7. The Bertz CT molecular complexity index is 482. The van der Waals surface area contributed by atoms with E-state index in [4.69, 9.17) is 0 Å². The van der Waals surface area contributed by atoms with Crippen molar-refractivity contribution in [2.45, 2.75) is 12.8 Å². The Labute approximate surface area is 106 Å². The highest BCUT2D eigenvalue weighted by Gasteiger charge is 2.07. The fourth-order valence-corrected chi connectivity index (χ4v) is 2.54. The van der Waals surface area contributed by atoms with Crippen LogP contribution in [0.2, 0.25) is 0 Å². The molecule has 0 bridgehead atoms. The number of aromatic nitrogens is 1. The Morgan fingerprint density at radius 3 is 2.94 bits per heavy atom. The Morgan fingerprint density at radius 1 is 1.38 bits per heavy atom. The summed E-state index contributed by atoms with van der Waals surface area (Å²) in [5, 5.41) is 2.78. The van der Waals surface area contributed by atoms with Gasteiger partial charge in [-0.25, -0.2) is 4.98 Å². The van der Waals surface area contributed by atoms with Crippen molar-refractivity contribution in [3.05, 3.63) is 50.9 Å². The van der Waals surface area contributed by atoms with Crippen molar-refractivity contribution >= 4 is 33.0 Å². The largest absolute Gasteiger partial charge is 0.299 e. The van der Waals surface area contributed by atoms with Gasteiger partial charge in [0, 0.05) is 22.5 Å². The van der Waals surface area contributed by atoms with Crippen molar-refractivity contribution in [2.24, 2.45) is 0 Å². The predicted octanol–water partition coefficient (Wildman–Crippen LogP) is 3.26. The van der Waals surface area contributed by atoms with Gasteiger partial charge >= 0.3 is 0 Å². The van der Waals surface area contributed by atoms with E-state index in [-0.39, 0.29) is 5.78 Å². The molecule has 1 heterocycles. The number of hydrogen-bond donors (Lipinski definition) is 0. The van der Waals surface area contributed by atoms with Gasteiger partial charge in [0.25, 0.3) is 0 Å². The average molecular weight is 296 g/mol. The van der Waals surface area contributed by atoms with Gasteiger partial charge in [-0.3, -0.25) is 4.79 Å². The fraction of sp³-hybridized carbons (Fsp3) is 0.167. The van der Waals surface area contributed by atoms with Crippen molar-refractivity contribution in [1.82, 2.24) is 4.98 Å². The van der Waals surface area contributed by atoms with Crippen LogP contribution in [0.4, 0.5) is 0 Å². The first-order chi connectivity index (χ1) is 7.74. The van der Waals surface area contributed by atoms with Gasteiger partial charge in [-0.2, -0.15) is 0 Å². The first kappa shape index (κ1) is 11.5. The van der Waals surface area contributed by atoms with Crippen LogP contribution in [0.5, 0.6) is 0 Å². The third-order valence-electron chi connectivity index (χ3n) is 2.12. The normalized spacial score (nSPS) is 10.3. The van der Waals surface area contributed by atoms with E-state index < -0.39 is 0 Å². The minimum Gasteiger partial charge on any atom is -0.299 e. The Hall–Kier alpha value is -1.00. The van der Waals surface area contributed by atoms with Crippen LogP contribution in [-0.4, -0.2) is 10.8 Å². The molecule has 0 saturated carbocycles. The van der Waals surface area contributed by atoms with Crippen molar-refractivity contribution in [1.29, 1.82) is 0 Å². The number of ketones is 1. The zero-order valence-electron chi connectivity index (χ0n) is 8.52. The van der Waals surface area contributed by atoms with E-state index in [2.05, 4.69) is 20.9 Å². The van der Waals surface area contributed by atoms with E-state index in [9.17, 15) is 4.79 Å². The van der Waals surface area contributed by atoms with E-state index in [1.165, 1.54) is 11.3 Å². The van der Waals surface area contributed by atoms with E-state index in [1.807, 2.05) is 29.6 Å². The second kappa shape index (κ2) is 5.37. The molecule has 0 aliphatic carbocycles. The lowest BCUT2D eigenvalue weighted by Crippen LogP contribution is -2.06. The first-order valence-corrected chi connectivity index (χ1v) is 6.56. The highest BCUT2D eigenvalue weighted by molar-refractivity contribution is 9.10. The lowest BCUT2D eigenvalue weighted by Gasteiger charge is -2.00. The molecule has 2 nitrogen and oxygen atoms in total. The maximum Gasteiger partial charge on any atom is 0.144 e. The molecule has 0 amide bonds. The van der Waals surface area contributed by atoms with Gasteiger partial charge in [0.15, 0.2) is 0 Å². The topological polar surface area (TPSA) is 30.0 Å². The fourth-order valence-electron chi connectivity index (χ4n) is 1.45. The molecule has 82 valence electrons. The lowest BCUT2D eigenvalue weighted by atomic mass is 10.1. The molecule has 0 spiro atoms. The van der Waals surface area contributed by atoms with Crippen LogP contribution >= 0.6 is 27.3 Å². The van der Waals surface area contributed by atoms with E-state index >= 15 is 0 Å². The zero-order chi connectivity index (χ0) is 11.4. The van der Waals surface area contributed by atoms with Crippen molar-refractivity contribution < 1.29 is 4.79 Å². The van der Waals surface area contributed by atoms with Crippen molar-refractivity contribution in [2.75, 3.05) is 0 Å².